The van der Waals surface area contributed by atoms with Gasteiger partial charge in [-0.1, -0.05) is 12.1 Å². The fourth-order valence-electron chi connectivity index (χ4n) is 3.38. The highest BCUT2D eigenvalue weighted by Crippen LogP contribution is 2.39. The number of carbonyl (C=O) groups is 2. The molecule has 0 radical (unpaired) electrons. The Balaban J connectivity index is 2.62. The highest BCUT2D eigenvalue weighted by atomic mass is 16.5. The number of nitrogens with one attached hydrogen (secondary N) is 2. The summed E-state index contributed by atoms with van der Waals surface area (Å²) in [5.74, 6) is -1.10. The molecule has 0 atom stereocenters. The summed E-state index contributed by atoms with van der Waals surface area (Å²) in [7, 11) is 0. The SMILES string of the molecule is CCOC(=O)c1ccc(C(N)(CCN)c2ccc(C(=O)OCC)cc2NO)c(NO)c1. The molecular formula is C21H28N4O6. The molecule has 10 nitrogen and oxygen atoms in total. The first kappa shape index (κ1) is 24.1. The lowest BCUT2D eigenvalue weighted by Crippen LogP contribution is -2.41. The number of hydrogen-bond donors (Lipinski definition) is 6. The number of carbonyl (C=O) groups excluding carboxylic acids is 2. The van der Waals surface area contributed by atoms with Crippen LogP contribution in [0.15, 0.2) is 36.4 Å². The van der Waals surface area contributed by atoms with Gasteiger partial charge in [-0.05, 0) is 51.1 Å². The fourth-order valence-corrected chi connectivity index (χ4v) is 3.38. The predicted molar refractivity (Wildman–Crippen MR) is 114 cm³/mol. The van der Waals surface area contributed by atoms with Gasteiger partial charge in [-0.3, -0.25) is 21.4 Å². The lowest BCUT2D eigenvalue weighted by Gasteiger charge is -2.33. The standard InChI is InChI=1S/C21H28N4O6/c1-3-30-19(26)13-5-7-15(17(11-13)24-28)21(23,9-10-22)16-8-6-14(12-18(16)25-29)20(27)31-4-2/h5-8,11-12,24-25,28-29H,3-4,9-10,22-23H2,1-2H3. The summed E-state index contributed by atoms with van der Waals surface area (Å²) in [6.07, 6.45) is 0.216. The first-order valence-corrected chi connectivity index (χ1v) is 9.78. The van der Waals surface area contributed by atoms with Crippen molar-refractivity contribution in [2.45, 2.75) is 25.8 Å². The molecule has 0 aliphatic heterocycles. The largest absolute Gasteiger partial charge is 0.462 e. The van der Waals surface area contributed by atoms with Gasteiger partial charge in [0.1, 0.15) is 0 Å². The van der Waals surface area contributed by atoms with E-state index in [4.69, 9.17) is 20.9 Å². The summed E-state index contributed by atoms with van der Waals surface area (Å²) in [5.41, 5.74) is 17.0. The van der Waals surface area contributed by atoms with Crippen molar-refractivity contribution in [2.75, 3.05) is 30.7 Å². The number of hydrogen-bond acceptors (Lipinski definition) is 10. The number of esters is 2. The Labute approximate surface area is 180 Å². The van der Waals surface area contributed by atoms with Gasteiger partial charge in [0, 0.05) is 11.1 Å². The predicted octanol–water partition coefficient (Wildman–Crippen LogP) is 2.19. The maximum Gasteiger partial charge on any atom is 0.338 e. The van der Waals surface area contributed by atoms with Crippen LogP contribution in [0, 0.1) is 0 Å². The van der Waals surface area contributed by atoms with Crippen molar-refractivity contribution in [1.29, 1.82) is 0 Å². The van der Waals surface area contributed by atoms with Crippen LogP contribution in [0.1, 0.15) is 52.1 Å². The first-order valence-electron chi connectivity index (χ1n) is 9.78. The van der Waals surface area contributed by atoms with Crippen molar-refractivity contribution >= 4 is 23.3 Å². The van der Waals surface area contributed by atoms with E-state index in [9.17, 15) is 20.0 Å². The van der Waals surface area contributed by atoms with Crippen molar-refractivity contribution in [3.05, 3.63) is 58.7 Å². The van der Waals surface area contributed by atoms with Gasteiger partial charge < -0.3 is 20.9 Å². The molecule has 0 aliphatic rings. The molecule has 0 saturated heterocycles. The Hall–Kier alpha value is -3.18. The minimum Gasteiger partial charge on any atom is -0.462 e. The average Bonchev–Trinajstić information content (AvgIpc) is 2.78. The summed E-state index contributed by atoms with van der Waals surface area (Å²) < 4.78 is 9.98. The van der Waals surface area contributed by atoms with Crippen molar-refractivity contribution in [2.24, 2.45) is 11.5 Å². The molecule has 31 heavy (non-hydrogen) atoms. The summed E-state index contributed by atoms with van der Waals surface area (Å²) in [6.45, 7) is 3.95. The number of ether oxygens (including phenoxy) is 2. The van der Waals surface area contributed by atoms with Gasteiger partial charge >= 0.3 is 11.9 Å². The molecule has 0 bridgehead atoms. The van der Waals surface area contributed by atoms with Crippen molar-refractivity contribution in [3.63, 3.8) is 0 Å². The molecule has 0 saturated carbocycles. The Morgan fingerprint density at radius 3 is 1.65 bits per heavy atom. The van der Waals surface area contributed by atoms with Crippen LogP contribution in [-0.4, -0.2) is 42.1 Å². The van der Waals surface area contributed by atoms with Crippen LogP contribution in [0.2, 0.25) is 0 Å². The molecule has 2 aromatic rings. The molecule has 0 heterocycles. The van der Waals surface area contributed by atoms with Crippen LogP contribution in [0.4, 0.5) is 11.4 Å². The highest BCUT2D eigenvalue weighted by Gasteiger charge is 2.34. The molecule has 2 rings (SSSR count). The normalized spacial score (nSPS) is 11.0. The van der Waals surface area contributed by atoms with Gasteiger partial charge in [0.05, 0.1) is 41.3 Å². The van der Waals surface area contributed by atoms with Crippen LogP contribution < -0.4 is 22.4 Å². The third-order valence-corrected chi connectivity index (χ3v) is 4.80. The van der Waals surface area contributed by atoms with Crippen LogP contribution >= 0.6 is 0 Å². The van der Waals surface area contributed by atoms with E-state index in [0.717, 1.165) is 0 Å². The van der Waals surface area contributed by atoms with Crippen molar-refractivity contribution < 1.29 is 29.5 Å². The highest BCUT2D eigenvalue weighted by molar-refractivity contribution is 5.92. The molecule has 0 fully saturated rings. The van der Waals surface area contributed by atoms with E-state index >= 15 is 0 Å². The maximum absolute atomic E-state index is 12.1. The summed E-state index contributed by atoms with van der Waals surface area (Å²) >= 11 is 0. The third-order valence-electron chi connectivity index (χ3n) is 4.80. The Morgan fingerprint density at radius 2 is 1.32 bits per heavy atom. The third kappa shape index (κ3) is 5.12. The van der Waals surface area contributed by atoms with Crippen molar-refractivity contribution in [1.82, 2.24) is 0 Å². The number of benzene rings is 2. The van der Waals surface area contributed by atoms with E-state index < -0.39 is 17.5 Å². The van der Waals surface area contributed by atoms with E-state index in [1.165, 1.54) is 24.3 Å². The fraction of sp³-hybridized carbons (Fsp3) is 0.333. The second-order valence-electron chi connectivity index (χ2n) is 6.70. The molecule has 0 aliphatic carbocycles. The summed E-state index contributed by atoms with van der Waals surface area (Å²) in [5, 5.41) is 19.4. The first-order chi connectivity index (χ1) is 14.9. The van der Waals surface area contributed by atoms with E-state index in [1.54, 1.807) is 26.0 Å². The van der Waals surface area contributed by atoms with Crippen LogP contribution in [0.3, 0.4) is 0 Å². The zero-order chi connectivity index (χ0) is 23.0. The second kappa shape index (κ2) is 10.7. The van der Waals surface area contributed by atoms with E-state index in [2.05, 4.69) is 11.0 Å². The molecule has 2 aromatic carbocycles. The minimum absolute atomic E-state index is 0.167. The molecular weight excluding hydrogens is 404 g/mol. The van der Waals surface area contributed by atoms with E-state index in [1.807, 2.05) is 0 Å². The minimum atomic E-state index is -1.30. The van der Waals surface area contributed by atoms with Crippen LogP contribution in [0.25, 0.3) is 0 Å². The van der Waals surface area contributed by atoms with E-state index in [-0.39, 0.29) is 48.7 Å². The molecule has 0 unspecified atom stereocenters. The van der Waals surface area contributed by atoms with Gasteiger partial charge in [0.2, 0.25) is 0 Å². The van der Waals surface area contributed by atoms with E-state index in [0.29, 0.717) is 11.1 Å². The van der Waals surface area contributed by atoms with Gasteiger partial charge in [-0.2, -0.15) is 0 Å². The summed E-state index contributed by atoms with van der Waals surface area (Å²) in [6, 6.07) is 8.99. The Kier molecular flexibility index (Phi) is 8.34. The monoisotopic (exact) mass is 432 g/mol. The number of nitrogens with two attached hydrogens (primary N) is 2. The smallest absolute Gasteiger partial charge is 0.338 e. The van der Waals surface area contributed by atoms with Gasteiger partial charge in [-0.15, -0.1) is 0 Å². The van der Waals surface area contributed by atoms with Gasteiger partial charge in [0.15, 0.2) is 0 Å². The molecule has 0 spiro atoms. The Bertz CT molecular complexity index is 865. The van der Waals surface area contributed by atoms with Gasteiger partial charge in [0.25, 0.3) is 0 Å². The molecule has 10 heteroatoms. The van der Waals surface area contributed by atoms with Crippen LogP contribution in [-0.2, 0) is 15.0 Å². The zero-order valence-corrected chi connectivity index (χ0v) is 17.5. The quantitative estimate of drug-likeness (QED) is 0.242. The molecule has 8 N–H and O–H groups in total. The average molecular weight is 432 g/mol. The molecule has 0 aromatic heterocycles. The lowest BCUT2D eigenvalue weighted by atomic mass is 9.78. The maximum atomic E-state index is 12.1. The van der Waals surface area contributed by atoms with Crippen molar-refractivity contribution in [3.8, 4) is 0 Å². The van der Waals surface area contributed by atoms with Crippen LogP contribution in [0.5, 0.6) is 0 Å². The second-order valence-corrected chi connectivity index (χ2v) is 6.70. The summed E-state index contributed by atoms with van der Waals surface area (Å²) in [4.78, 5) is 24.1. The molecule has 168 valence electrons. The zero-order valence-electron chi connectivity index (χ0n) is 17.5. The number of rotatable bonds is 10. The topological polar surface area (TPSA) is 169 Å². The number of anilines is 2. The lowest BCUT2D eigenvalue weighted by molar-refractivity contribution is 0.0517. The Morgan fingerprint density at radius 1 is 0.903 bits per heavy atom. The molecule has 0 amide bonds. The van der Waals surface area contributed by atoms with Gasteiger partial charge in [-0.25, -0.2) is 9.59 Å².